The summed E-state index contributed by atoms with van der Waals surface area (Å²) in [5.74, 6) is 0.485. The molecule has 2 aromatic rings. The highest BCUT2D eigenvalue weighted by Gasteiger charge is 2.26. The number of carbonyl (C=O) groups is 1. The van der Waals surface area contributed by atoms with Gasteiger partial charge in [-0.05, 0) is 62.1 Å². The number of nitrogens with zero attached hydrogens (tertiary/aromatic N) is 1. The van der Waals surface area contributed by atoms with E-state index in [2.05, 4.69) is 5.32 Å². The predicted octanol–water partition coefficient (Wildman–Crippen LogP) is 3.29. The van der Waals surface area contributed by atoms with E-state index in [0.29, 0.717) is 31.8 Å². The Morgan fingerprint density at radius 1 is 1.07 bits per heavy atom. The van der Waals surface area contributed by atoms with Crippen LogP contribution in [0.4, 0.5) is 0 Å². The molecule has 0 saturated carbocycles. The zero-order valence-corrected chi connectivity index (χ0v) is 17.8. The van der Waals surface area contributed by atoms with Crippen LogP contribution in [0, 0.1) is 13.8 Å². The molecular weight excluding hydrogens is 388 g/mol. The number of amides is 1. The van der Waals surface area contributed by atoms with Crippen LogP contribution in [-0.2, 0) is 10.0 Å². The number of hydrogen-bond donors (Lipinski definition) is 1. The van der Waals surface area contributed by atoms with Crippen LogP contribution in [0.25, 0.3) is 0 Å². The Hall–Kier alpha value is -2.38. The maximum absolute atomic E-state index is 12.8. The molecule has 3 rings (SSSR count). The van der Waals surface area contributed by atoms with Gasteiger partial charge < -0.3 is 10.1 Å². The summed E-state index contributed by atoms with van der Waals surface area (Å²) in [6, 6.07) is 12.2. The molecule has 0 atom stereocenters. The molecule has 1 fully saturated rings. The van der Waals surface area contributed by atoms with Gasteiger partial charge in [-0.3, -0.25) is 4.79 Å². The molecule has 0 radical (unpaired) electrons. The van der Waals surface area contributed by atoms with E-state index in [1.54, 1.807) is 18.2 Å². The van der Waals surface area contributed by atoms with Crippen molar-refractivity contribution in [1.82, 2.24) is 9.62 Å². The van der Waals surface area contributed by atoms with Crippen molar-refractivity contribution < 1.29 is 17.9 Å². The van der Waals surface area contributed by atoms with Crippen molar-refractivity contribution in [2.24, 2.45) is 0 Å². The maximum Gasteiger partial charge on any atom is 0.251 e. The number of piperidine rings is 1. The number of sulfonamides is 1. The van der Waals surface area contributed by atoms with Gasteiger partial charge in [-0.25, -0.2) is 8.42 Å². The summed E-state index contributed by atoms with van der Waals surface area (Å²) in [4.78, 5) is 12.6. The second-order valence-electron chi connectivity index (χ2n) is 7.37. The lowest BCUT2D eigenvalue weighted by Crippen LogP contribution is -2.35. The number of benzene rings is 2. The molecule has 1 saturated heterocycles. The fraction of sp³-hybridized carbons (Fsp3) is 0.409. The first-order valence-electron chi connectivity index (χ1n) is 9.96. The van der Waals surface area contributed by atoms with Crippen molar-refractivity contribution in [3.63, 3.8) is 0 Å². The quantitative estimate of drug-likeness (QED) is 0.703. The lowest BCUT2D eigenvalue weighted by molar-refractivity contribution is 0.0946. The Kier molecular flexibility index (Phi) is 6.92. The van der Waals surface area contributed by atoms with Gasteiger partial charge >= 0.3 is 0 Å². The van der Waals surface area contributed by atoms with E-state index in [4.69, 9.17) is 4.74 Å². The third-order valence-electron chi connectivity index (χ3n) is 5.04. The van der Waals surface area contributed by atoms with Gasteiger partial charge in [0.05, 0.1) is 11.4 Å². The number of hydrogen-bond acceptors (Lipinski definition) is 4. The van der Waals surface area contributed by atoms with E-state index in [9.17, 15) is 13.2 Å². The minimum absolute atomic E-state index is 0.165. The Labute approximate surface area is 172 Å². The molecule has 1 aliphatic heterocycles. The number of rotatable bonds is 7. The van der Waals surface area contributed by atoms with Crippen LogP contribution in [0.3, 0.4) is 0 Å². The lowest BCUT2D eigenvalue weighted by Gasteiger charge is -2.26. The van der Waals surface area contributed by atoms with Crippen LogP contribution < -0.4 is 10.1 Å². The second kappa shape index (κ2) is 9.41. The Morgan fingerprint density at radius 3 is 2.59 bits per heavy atom. The predicted molar refractivity (Wildman–Crippen MR) is 113 cm³/mol. The summed E-state index contributed by atoms with van der Waals surface area (Å²) in [5.41, 5.74) is 2.48. The molecule has 1 heterocycles. The molecule has 2 aromatic carbocycles. The molecule has 29 heavy (non-hydrogen) atoms. The monoisotopic (exact) mass is 416 g/mol. The average molecular weight is 417 g/mol. The van der Waals surface area contributed by atoms with Crippen LogP contribution >= 0.6 is 0 Å². The van der Waals surface area contributed by atoms with Gasteiger partial charge in [0.15, 0.2) is 0 Å². The van der Waals surface area contributed by atoms with Gasteiger partial charge in [-0.1, -0.05) is 24.6 Å². The first-order chi connectivity index (χ1) is 13.9. The largest absolute Gasteiger partial charge is 0.491 e. The summed E-state index contributed by atoms with van der Waals surface area (Å²) in [6.45, 7) is 5.71. The first-order valence-corrected chi connectivity index (χ1v) is 11.4. The molecule has 156 valence electrons. The van der Waals surface area contributed by atoms with Gasteiger partial charge in [0.1, 0.15) is 12.4 Å². The zero-order chi connectivity index (χ0) is 20.9. The minimum Gasteiger partial charge on any atom is -0.491 e. The van der Waals surface area contributed by atoms with Gasteiger partial charge in [-0.15, -0.1) is 0 Å². The van der Waals surface area contributed by atoms with Crippen molar-refractivity contribution in [1.29, 1.82) is 0 Å². The average Bonchev–Trinajstić information content (AvgIpc) is 2.74. The fourth-order valence-electron chi connectivity index (χ4n) is 3.34. The molecule has 1 amide bonds. The van der Waals surface area contributed by atoms with E-state index < -0.39 is 10.0 Å². The van der Waals surface area contributed by atoms with Gasteiger partial charge in [0, 0.05) is 18.7 Å². The van der Waals surface area contributed by atoms with Gasteiger partial charge in [0.25, 0.3) is 5.91 Å². The molecule has 0 aromatic heterocycles. The first kappa shape index (κ1) is 21.3. The smallest absolute Gasteiger partial charge is 0.251 e. The molecule has 0 spiro atoms. The molecule has 1 aliphatic rings. The van der Waals surface area contributed by atoms with E-state index in [0.717, 1.165) is 36.1 Å². The standard InChI is InChI=1S/C22H28N2O4S/c1-17-9-10-18(2)21(15-17)28-14-11-23-22(25)19-7-6-8-20(16-19)29(26,27)24-12-4-3-5-13-24/h6-10,15-16H,3-5,11-14H2,1-2H3,(H,23,25). The van der Waals surface area contributed by atoms with E-state index in [-0.39, 0.29) is 10.8 Å². The van der Waals surface area contributed by atoms with Crippen molar-refractivity contribution in [2.45, 2.75) is 38.0 Å². The van der Waals surface area contributed by atoms with E-state index in [1.165, 1.54) is 10.4 Å². The van der Waals surface area contributed by atoms with E-state index >= 15 is 0 Å². The molecule has 0 unspecified atom stereocenters. The van der Waals surface area contributed by atoms with Crippen LogP contribution in [0.1, 0.15) is 40.7 Å². The van der Waals surface area contributed by atoms with Crippen molar-refractivity contribution in [2.75, 3.05) is 26.2 Å². The van der Waals surface area contributed by atoms with E-state index in [1.807, 2.05) is 32.0 Å². The molecular formula is C22H28N2O4S. The maximum atomic E-state index is 12.8. The van der Waals surface area contributed by atoms with Crippen molar-refractivity contribution in [3.8, 4) is 5.75 Å². The third-order valence-corrected chi connectivity index (χ3v) is 6.93. The number of carbonyl (C=O) groups excluding carboxylic acids is 1. The highest BCUT2D eigenvalue weighted by molar-refractivity contribution is 7.89. The summed E-state index contributed by atoms with van der Waals surface area (Å²) >= 11 is 0. The molecule has 0 bridgehead atoms. The summed E-state index contributed by atoms with van der Waals surface area (Å²) in [6.07, 6.45) is 2.80. The van der Waals surface area contributed by atoms with Crippen molar-refractivity contribution >= 4 is 15.9 Å². The molecule has 0 aliphatic carbocycles. The summed E-state index contributed by atoms with van der Waals surface area (Å²) in [7, 11) is -3.56. The molecule has 6 nitrogen and oxygen atoms in total. The second-order valence-corrected chi connectivity index (χ2v) is 9.30. The molecule has 7 heteroatoms. The normalized spacial score (nSPS) is 15.1. The summed E-state index contributed by atoms with van der Waals surface area (Å²) in [5, 5.41) is 2.79. The number of nitrogens with one attached hydrogen (secondary N) is 1. The van der Waals surface area contributed by atoms with Crippen LogP contribution in [-0.4, -0.2) is 44.9 Å². The highest BCUT2D eigenvalue weighted by atomic mass is 32.2. The van der Waals surface area contributed by atoms with Gasteiger partial charge in [-0.2, -0.15) is 4.31 Å². The fourth-order valence-corrected chi connectivity index (χ4v) is 4.91. The van der Waals surface area contributed by atoms with Crippen LogP contribution in [0.5, 0.6) is 5.75 Å². The van der Waals surface area contributed by atoms with Crippen LogP contribution in [0.2, 0.25) is 0 Å². The Balaban J connectivity index is 1.58. The third kappa shape index (κ3) is 5.36. The SMILES string of the molecule is Cc1ccc(C)c(OCCNC(=O)c2cccc(S(=O)(=O)N3CCCCC3)c2)c1. The zero-order valence-electron chi connectivity index (χ0n) is 17.0. The Morgan fingerprint density at radius 2 is 1.83 bits per heavy atom. The topological polar surface area (TPSA) is 75.7 Å². The lowest BCUT2D eigenvalue weighted by atomic mass is 10.1. The minimum atomic E-state index is -3.56. The summed E-state index contributed by atoms with van der Waals surface area (Å²) < 4.78 is 32.9. The van der Waals surface area contributed by atoms with Gasteiger partial charge in [0.2, 0.25) is 10.0 Å². The molecule has 1 N–H and O–H groups in total. The Bertz CT molecular complexity index is 967. The number of aryl methyl sites for hydroxylation is 2. The van der Waals surface area contributed by atoms with Crippen LogP contribution in [0.15, 0.2) is 47.4 Å². The number of ether oxygens (including phenoxy) is 1. The van der Waals surface area contributed by atoms with Crippen molar-refractivity contribution in [3.05, 3.63) is 59.2 Å². The highest BCUT2D eigenvalue weighted by Crippen LogP contribution is 2.21.